The van der Waals surface area contributed by atoms with Gasteiger partial charge in [-0.2, -0.15) is 0 Å². The SMILES string of the molecule is Cc1cnc(C2CC2)n1CC1CCCN(Cc2cccc(F)c2O)C1. The Bertz CT molecular complexity index is 753. The highest BCUT2D eigenvalue weighted by molar-refractivity contribution is 5.33. The van der Waals surface area contributed by atoms with Gasteiger partial charge in [-0.05, 0) is 51.1 Å². The minimum atomic E-state index is -0.533. The van der Waals surface area contributed by atoms with Gasteiger partial charge >= 0.3 is 0 Å². The van der Waals surface area contributed by atoms with Gasteiger partial charge in [-0.25, -0.2) is 9.37 Å². The van der Waals surface area contributed by atoms with Crippen LogP contribution >= 0.6 is 0 Å². The molecule has 0 bridgehead atoms. The quantitative estimate of drug-likeness (QED) is 0.897. The van der Waals surface area contributed by atoms with E-state index in [1.165, 1.54) is 36.8 Å². The lowest BCUT2D eigenvalue weighted by Gasteiger charge is -2.33. The normalized spacial score (nSPS) is 21.6. The molecular formula is C20H26FN3O. The summed E-state index contributed by atoms with van der Waals surface area (Å²) in [4.78, 5) is 6.96. The number of phenols is 1. The van der Waals surface area contributed by atoms with Crippen molar-refractivity contribution >= 4 is 0 Å². The van der Waals surface area contributed by atoms with E-state index in [9.17, 15) is 9.50 Å². The van der Waals surface area contributed by atoms with Gasteiger partial charge in [0, 0.05) is 43.0 Å². The summed E-state index contributed by atoms with van der Waals surface area (Å²) in [5, 5.41) is 9.93. The number of aromatic hydroxyl groups is 1. The van der Waals surface area contributed by atoms with Crippen LogP contribution in [0.15, 0.2) is 24.4 Å². The summed E-state index contributed by atoms with van der Waals surface area (Å²) in [6.45, 7) is 5.76. The van der Waals surface area contributed by atoms with Crippen molar-refractivity contribution in [2.75, 3.05) is 13.1 Å². The van der Waals surface area contributed by atoms with Gasteiger partial charge in [-0.15, -0.1) is 0 Å². The second kappa shape index (κ2) is 6.79. The molecule has 1 aliphatic heterocycles. The van der Waals surface area contributed by atoms with Crippen LogP contribution in [0.5, 0.6) is 5.75 Å². The molecule has 0 spiro atoms. The van der Waals surface area contributed by atoms with E-state index in [-0.39, 0.29) is 5.75 Å². The van der Waals surface area contributed by atoms with E-state index in [1.54, 1.807) is 6.07 Å². The van der Waals surface area contributed by atoms with Gasteiger partial charge in [-0.3, -0.25) is 4.90 Å². The molecule has 1 aromatic carbocycles. The van der Waals surface area contributed by atoms with Gasteiger partial charge in [0.15, 0.2) is 11.6 Å². The van der Waals surface area contributed by atoms with Crippen LogP contribution in [0.4, 0.5) is 4.39 Å². The number of nitrogens with zero attached hydrogens (tertiary/aromatic N) is 3. The van der Waals surface area contributed by atoms with Crippen molar-refractivity contribution in [3.05, 3.63) is 47.3 Å². The molecule has 1 unspecified atom stereocenters. The highest BCUT2D eigenvalue weighted by Gasteiger charge is 2.30. The van der Waals surface area contributed by atoms with Crippen LogP contribution in [0.3, 0.4) is 0 Å². The van der Waals surface area contributed by atoms with E-state index < -0.39 is 5.82 Å². The fraction of sp³-hybridized carbons (Fsp3) is 0.550. The number of halogens is 1. The Morgan fingerprint density at radius 1 is 1.28 bits per heavy atom. The smallest absolute Gasteiger partial charge is 0.165 e. The largest absolute Gasteiger partial charge is 0.505 e. The lowest BCUT2D eigenvalue weighted by molar-refractivity contribution is 0.153. The Morgan fingerprint density at radius 2 is 2.12 bits per heavy atom. The molecule has 2 aromatic rings. The standard InChI is InChI=1S/C20H26FN3O/c1-14-10-22-20(16-7-8-16)24(14)12-15-4-3-9-23(11-15)13-17-5-2-6-18(21)19(17)25/h2,5-6,10,15-16,25H,3-4,7-9,11-13H2,1H3. The second-order valence-electron chi connectivity index (χ2n) is 7.63. The highest BCUT2D eigenvalue weighted by Crippen LogP contribution is 2.40. The summed E-state index contributed by atoms with van der Waals surface area (Å²) in [6.07, 6.45) is 6.90. The van der Waals surface area contributed by atoms with Crippen molar-refractivity contribution in [3.8, 4) is 5.75 Å². The number of aromatic nitrogens is 2. The maximum Gasteiger partial charge on any atom is 0.165 e. The Morgan fingerprint density at radius 3 is 2.92 bits per heavy atom. The van der Waals surface area contributed by atoms with Crippen molar-refractivity contribution < 1.29 is 9.50 Å². The molecule has 25 heavy (non-hydrogen) atoms. The van der Waals surface area contributed by atoms with Gasteiger partial charge in [0.2, 0.25) is 0 Å². The molecule has 1 atom stereocenters. The van der Waals surface area contributed by atoms with E-state index in [0.717, 1.165) is 26.1 Å². The number of benzene rings is 1. The van der Waals surface area contributed by atoms with Crippen LogP contribution in [-0.2, 0) is 13.1 Å². The first-order chi connectivity index (χ1) is 12.1. The number of piperidine rings is 1. The summed E-state index contributed by atoms with van der Waals surface area (Å²) in [6, 6.07) is 4.79. The monoisotopic (exact) mass is 343 g/mol. The minimum Gasteiger partial charge on any atom is -0.505 e. The maximum atomic E-state index is 13.6. The highest BCUT2D eigenvalue weighted by atomic mass is 19.1. The molecule has 0 radical (unpaired) electrons. The molecule has 1 saturated carbocycles. The zero-order chi connectivity index (χ0) is 17.4. The van der Waals surface area contributed by atoms with E-state index in [0.29, 0.717) is 23.9 Å². The maximum absolute atomic E-state index is 13.6. The van der Waals surface area contributed by atoms with Gasteiger partial charge in [-0.1, -0.05) is 12.1 Å². The van der Waals surface area contributed by atoms with Crippen molar-refractivity contribution in [3.63, 3.8) is 0 Å². The van der Waals surface area contributed by atoms with Crippen LogP contribution in [0.1, 0.15) is 48.7 Å². The predicted octanol–water partition coefficient (Wildman–Crippen LogP) is 3.83. The Kier molecular flexibility index (Phi) is 4.50. The zero-order valence-electron chi connectivity index (χ0n) is 14.8. The lowest BCUT2D eigenvalue weighted by atomic mass is 9.97. The predicted molar refractivity (Wildman–Crippen MR) is 95.0 cm³/mol. The molecule has 5 heteroatoms. The van der Waals surface area contributed by atoms with Crippen LogP contribution < -0.4 is 0 Å². The summed E-state index contributed by atoms with van der Waals surface area (Å²) >= 11 is 0. The van der Waals surface area contributed by atoms with Gasteiger partial charge in [0.05, 0.1) is 0 Å². The number of phenolic OH excluding ortho intramolecular Hbond substituents is 1. The van der Waals surface area contributed by atoms with Crippen molar-refractivity contribution in [2.24, 2.45) is 5.92 Å². The van der Waals surface area contributed by atoms with Crippen LogP contribution in [0, 0.1) is 18.7 Å². The number of hydrogen-bond donors (Lipinski definition) is 1. The summed E-state index contributed by atoms with van der Waals surface area (Å²) in [5.41, 5.74) is 1.93. The van der Waals surface area contributed by atoms with E-state index >= 15 is 0 Å². The van der Waals surface area contributed by atoms with E-state index in [1.807, 2.05) is 12.3 Å². The Hall–Kier alpha value is -1.88. The van der Waals surface area contributed by atoms with E-state index in [2.05, 4.69) is 21.4 Å². The number of rotatable bonds is 5. The first-order valence-corrected chi connectivity index (χ1v) is 9.32. The van der Waals surface area contributed by atoms with Gasteiger partial charge in [0.25, 0.3) is 0 Å². The molecule has 4 rings (SSSR count). The third-order valence-electron chi connectivity index (χ3n) is 5.54. The molecule has 1 aromatic heterocycles. The second-order valence-corrected chi connectivity index (χ2v) is 7.63. The zero-order valence-corrected chi connectivity index (χ0v) is 14.8. The first kappa shape index (κ1) is 16.6. The molecule has 1 N–H and O–H groups in total. The average Bonchev–Trinajstić information content (AvgIpc) is 3.38. The van der Waals surface area contributed by atoms with Crippen LogP contribution in [0.2, 0.25) is 0 Å². The van der Waals surface area contributed by atoms with Gasteiger partial charge in [0.1, 0.15) is 5.82 Å². The number of para-hydroxylation sites is 1. The van der Waals surface area contributed by atoms with Gasteiger partial charge < -0.3 is 9.67 Å². The topological polar surface area (TPSA) is 41.3 Å². The lowest BCUT2D eigenvalue weighted by Crippen LogP contribution is -2.37. The molecular weight excluding hydrogens is 317 g/mol. The summed E-state index contributed by atoms with van der Waals surface area (Å²) < 4.78 is 16.0. The Labute approximate surface area is 148 Å². The number of likely N-dealkylation sites (tertiary alicyclic amines) is 1. The molecule has 2 fully saturated rings. The number of aryl methyl sites for hydroxylation is 1. The molecule has 0 amide bonds. The molecule has 2 heterocycles. The fourth-order valence-corrected chi connectivity index (χ4v) is 4.02. The molecule has 1 aliphatic carbocycles. The van der Waals surface area contributed by atoms with Crippen LogP contribution in [0.25, 0.3) is 0 Å². The number of imidazole rings is 1. The van der Waals surface area contributed by atoms with Crippen molar-refractivity contribution in [2.45, 2.75) is 51.6 Å². The average molecular weight is 343 g/mol. The summed E-state index contributed by atoms with van der Waals surface area (Å²) in [7, 11) is 0. The third kappa shape index (κ3) is 3.56. The fourth-order valence-electron chi connectivity index (χ4n) is 4.02. The molecule has 1 saturated heterocycles. The van der Waals surface area contributed by atoms with E-state index in [4.69, 9.17) is 0 Å². The Balaban J connectivity index is 1.43. The van der Waals surface area contributed by atoms with Crippen molar-refractivity contribution in [1.29, 1.82) is 0 Å². The molecule has 4 nitrogen and oxygen atoms in total. The molecule has 2 aliphatic rings. The third-order valence-corrected chi connectivity index (χ3v) is 5.54. The first-order valence-electron chi connectivity index (χ1n) is 9.32. The minimum absolute atomic E-state index is 0.203. The summed E-state index contributed by atoms with van der Waals surface area (Å²) in [5.74, 6) is 1.77. The molecule has 134 valence electrons. The van der Waals surface area contributed by atoms with Crippen LogP contribution in [-0.4, -0.2) is 32.6 Å². The number of hydrogen-bond acceptors (Lipinski definition) is 3. The van der Waals surface area contributed by atoms with Crippen molar-refractivity contribution in [1.82, 2.24) is 14.5 Å².